The molecule has 6 heteroatoms. The molecule has 1 aromatic carbocycles. The van der Waals surface area contributed by atoms with Crippen LogP contribution in [0.15, 0.2) is 54.9 Å². The molecule has 0 aliphatic rings. The fourth-order valence-electron chi connectivity index (χ4n) is 3.10. The number of Topliss-reactive ketones (excluding diaryl/α,β-unsaturated/α-hetero) is 1. The van der Waals surface area contributed by atoms with Gasteiger partial charge in [0.1, 0.15) is 5.65 Å². The van der Waals surface area contributed by atoms with Crippen LogP contribution < -0.4 is 0 Å². The summed E-state index contributed by atoms with van der Waals surface area (Å²) in [6, 6.07) is 13.0. The molecule has 4 aromatic rings. The van der Waals surface area contributed by atoms with Gasteiger partial charge in [-0.3, -0.25) is 4.79 Å². The van der Waals surface area contributed by atoms with Gasteiger partial charge in [-0.1, -0.05) is 24.3 Å². The van der Waals surface area contributed by atoms with E-state index >= 15 is 0 Å². The standard InChI is InChI=1S/C20H17N3O3/c1-12-18(14-7-3-4-8-15(14)21-12)19(24)13(2)26-20(25)16-11-23-10-6-5-9-17(23)22-16/h3-11,13,21H,1-2H3/t13-/m0/s1. The first-order chi connectivity index (χ1) is 12.5. The number of pyridine rings is 1. The van der Waals surface area contributed by atoms with Gasteiger partial charge in [-0.2, -0.15) is 0 Å². The lowest BCUT2D eigenvalue weighted by Gasteiger charge is -2.11. The number of hydrogen-bond donors (Lipinski definition) is 1. The van der Waals surface area contributed by atoms with Crippen LogP contribution in [0.5, 0.6) is 0 Å². The van der Waals surface area contributed by atoms with Crippen LogP contribution in [0.25, 0.3) is 16.6 Å². The summed E-state index contributed by atoms with van der Waals surface area (Å²) in [7, 11) is 0. The number of benzene rings is 1. The Bertz CT molecular complexity index is 1110. The van der Waals surface area contributed by atoms with Crippen molar-refractivity contribution in [1.29, 1.82) is 0 Å². The minimum Gasteiger partial charge on any atom is -0.449 e. The molecule has 0 aliphatic carbocycles. The number of rotatable bonds is 4. The Morgan fingerprint density at radius 3 is 2.73 bits per heavy atom. The summed E-state index contributed by atoms with van der Waals surface area (Å²) >= 11 is 0. The van der Waals surface area contributed by atoms with Crippen LogP contribution in [-0.2, 0) is 4.74 Å². The van der Waals surface area contributed by atoms with Gasteiger partial charge in [0, 0.05) is 34.6 Å². The van der Waals surface area contributed by atoms with Crippen LogP contribution >= 0.6 is 0 Å². The molecule has 3 heterocycles. The number of para-hydroxylation sites is 1. The lowest BCUT2D eigenvalue weighted by Crippen LogP contribution is -2.25. The van der Waals surface area contributed by atoms with Crippen LogP contribution in [0, 0.1) is 6.92 Å². The van der Waals surface area contributed by atoms with Gasteiger partial charge in [0.15, 0.2) is 11.8 Å². The average Bonchev–Trinajstić information content (AvgIpc) is 3.21. The molecule has 0 aliphatic heterocycles. The number of ether oxygens (including phenoxy) is 1. The highest BCUT2D eigenvalue weighted by Gasteiger charge is 2.25. The van der Waals surface area contributed by atoms with E-state index in [4.69, 9.17) is 4.74 Å². The molecule has 0 bridgehead atoms. The van der Waals surface area contributed by atoms with Crippen LogP contribution in [0.2, 0.25) is 0 Å². The maximum Gasteiger partial charge on any atom is 0.359 e. The molecule has 1 N–H and O–H groups in total. The first-order valence-corrected chi connectivity index (χ1v) is 8.31. The number of carbonyl (C=O) groups is 2. The number of aryl methyl sites for hydroxylation is 1. The van der Waals surface area contributed by atoms with Crippen LogP contribution in [0.4, 0.5) is 0 Å². The number of fused-ring (bicyclic) bond motifs is 2. The quantitative estimate of drug-likeness (QED) is 0.452. The van der Waals surface area contributed by atoms with E-state index in [9.17, 15) is 9.59 Å². The molecular weight excluding hydrogens is 330 g/mol. The second-order valence-electron chi connectivity index (χ2n) is 6.17. The Labute approximate surface area is 149 Å². The second kappa shape index (κ2) is 6.15. The van der Waals surface area contributed by atoms with Crippen molar-refractivity contribution >= 4 is 28.3 Å². The molecule has 0 fully saturated rings. The van der Waals surface area contributed by atoms with Gasteiger partial charge in [0.2, 0.25) is 5.78 Å². The molecule has 6 nitrogen and oxygen atoms in total. The number of aromatic nitrogens is 3. The first-order valence-electron chi connectivity index (χ1n) is 8.31. The Kier molecular flexibility index (Phi) is 3.80. The minimum atomic E-state index is -0.912. The molecule has 0 unspecified atom stereocenters. The molecule has 26 heavy (non-hydrogen) atoms. The maximum atomic E-state index is 12.9. The summed E-state index contributed by atoms with van der Waals surface area (Å²) in [5.74, 6) is -0.857. The van der Waals surface area contributed by atoms with Gasteiger partial charge in [-0.05, 0) is 32.0 Å². The first kappa shape index (κ1) is 16.1. The highest BCUT2D eigenvalue weighted by molar-refractivity contribution is 6.11. The van der Waals surface area contributed by atoms with E-state index in [1.165, 1.54) is 0 Å². The predicted molar refractivity (Wildman–Crippen MR) is 97.4 cm³/mol. The number of nitrogens with zero attached hydrogens (tertiary/aromatic N) is 2. The topological polar surface area (TPSA) is 76.5 Å². The number of esters is 1. The highest BCUT2D eigenvalue weighted by Crippen LogP contribution is 2.24. The lowest BCUT2D eigenvalue weighted by atomic mass is 10.0. The van der Waals surface area contributed by atoms with E-state index in [0.29, 0.717) is 11.2 Å². The Morgan fingerprint density at radius 1 is 1.15 bits per heavy atom. The van der Waals surface area contributed by atoms with Crippen molar-refractivity contribution in [3.05, 3.63) is 71.8 Å². The highest BCUT2D eigenvalue weighted by atomic mass is 16.5. The van der Waals surface area contributed by atoms with Crippen molar-refractivity contribution in [2.75, 3.05) is 0 Å². The van der Waals surface area contributed by atoms with Gasteiger partial charge < -0.3 is 14.1 Å². The van der Waals surface area contributed by atoms with E-state index < -0.39 is 12.1 Å². The predicted octanol–water partition coefficient (Wildman–Crippen LogP) is 3.55. The molecule has 0 amide bonds. The molecular formula is C20H17N3O3. The largest absolute Gasteiger partial charge is 0.449 e. The summed E-state index contributed by atoms with van der Waals surface area (Å²) in [6.07, 6.45) is 2.47. The normalized spacial score (nSPS) is 12.4. The summed E-state index contributed by atoms with van der Waals surface area (Å²) in [4.78, 5) is 32.7. The van der Waals surface area contributed by atoms with Gasteiger partial charge in [-0.25, -0.2) is 9.78 Å². The molecule has 0 spiro atoms. The van der Waals surface area contributed by atoms with Crippen molar-refractivity contribution < 1.29 is 14.3 Å². The van der Waals surface area contributed by atoms with E-state index in [0.717, 1.165) is 16.6 Å². The van der Waals surface area contributed by atoms with E-state index in [1.807, 2.05) is 43.3 Å². The Balaban J connectivity index is 1.58. The zero-order valence-electron chi connectivity index (χ0n) is 14.4. The smallest absolute Gasteiger partial charge is 0.359 e. The summed E-state index contributed by atoms with van der Waals surface area (Å²) < 4.78 is 7.11. The minimum absolute atomic E-state index is 0.173. The molecule has 0 saturated carbocycles. The monoisotopic (exact) mass is 347 g/mol. The lowest BCUT2D eigenvalue weighted by molar-refractivity contribution is 0.0314. The van der Waals surface area contributed by atoms with E-state index in [2.05, 4.69) is 9.97 Å². The maximum absolute atomic E-state index is 12.9. The van der Waals surface area contributed by atoms with Crippen LogP contribution in [0.1, 0.15) is 33.5 Å². The number of H-pyrrole nitrogens is 1. The number of nitrogens with one attached hydrogen (secondary N) is 1. The fraction of sp³-hybridized carbons (Fsp3) is 0.150. The number of imidazole rings is 1. The number of aromatic amines is 1. The second-order valence-corrected chi connectivity index (χ2v) is 6.17. The van der Waals surface area contributed by atoms with Crippen molar-refractivity contribution in [2.45, 2.75) is 20.0 Å². The number of ketones is 1. The van der Waals surface area contributed by atoms with Crippen LogP contribution in [0.3, 0.4) is 0 Å². The van der Waals surface area contributed by atoms with Crippen molar-refractivity contribution in [2.24, 2.45) is 0 Å². The third-order valence-corrected chi connectivity index (χ3v) is 4.37. The molecule has 4 rings (SSSR count). The molecule has 0 saturated heterocycles. The number of carbonyl (C=O) groups excluding carboxylic acids is 2. The molecule has 130 valence electrons. The summed E-state index contributed by atoms with van der Waals surface area (Å²) in [5, 5.41) is 0.825. The molecule has 1 atom stereocenters. The number of hydrogen-bond acceptors (Lipinski definition) is 4. The van der Waals surface area contributed by atoms with Gasteiger partial charge >= 0.3 is 5.97 Å². The molecule has 3 aromatic heterocycles. The third-order valence-electron chi connectivity index (χ3n) is 4.37. The third kappa shape index (κ3) is 2.65. The van der Waals surface area contributed by atoms with Crippen molar-refractivity contribution in [1.82, 2.24) is 14.4 Å². The molecule has 0 radical (unpaired) electrons. The Hall–Kier alpha value is -3.41. The van der Waals surface area contributed by atoms with Gasteiger partial charge in [-0.15, -0.1) is 0 Å². The average molecular weight is 347 g/mol. The fourth-order valence-corrected chi connectivity index (χ4v) is 3.10. The van der Waals surface area contributed by atoms with Crippen molar-refractivity contribution in [3.63, 3.8) is 0 Å². The zero-order valence-corrected chi connectivity index (χ0v) is 14.4. The van der Waals surface area contributed by atoms with E-state index in [-0.39, 0.29) is 11.5 Å². The van der Waals surface area contributed by atoms with E-state index in [1.54, 1.807) is 29.8 Å². The summed E-state index contributed by atoms with van der Waals surface area (Å²) in [5.41, 5.74) is 3.01. The Morgan fingerprint density at radius 2 is 1.92 bits per heavy atom. The SMILES string of the molecule is Cc1[nH]c2ccccc2c1C(=O)[C@H](C)OC(=O)c1cn2ccccc2n1. The van der Waals surface area contributed by atoms with Gasteiger partial charge in [0.25, 0.3) is 0 Å². The van der Waals surface area contributed by atoms with Crippen LogP contribution in [-0.4, -0.2) is 32.2 Å². The van der Waals surface area contributed by atoms with Gasteiger partial charge in [0.05, 0.1) is 0 Å². The zero-order chi connectivity index (χ0) is 18.3. The van der Waals surface area contributed by atoms with Crippen molar-refractivity contribution in [3.8, 4) is 0 Å². The summed E-state index contributed by atoms with van der Waals surface area (Å²) in [6.45, 7) is 3.42.